The number of morpholine rings is 1. The molecule has 1 aromatic heterocycles. The molecule has 9 nitrogen and oxygen atoms in total. The van der Waals surface area contributed by atoms with Gasteiger partial charge in [0.2, 0.25) is 17.8 Å². The van der Waals surface area contributed by atoms with Gasteiger partial charge in [-0.3, -0.25) is 0 Å². The maximum Gasteiger partial charge on any atom is 0.233 e. The zero-order valence-corrected chi connectivity index (χ0v) is 16.2. The van der Waals surface area contributed by atoms with Crippen molar-refractivity contribution in [3.05, 3.63) is 60.3 Å². The van der Waals surface area contributed by atoms with Crippen LogP contribution < -0.4 is 15.5 Å². The summed E-state index contributed by atoms with van der Waals surface area (Å²) >= 11 is 0. The summed E-state index contributed by atoms with van der Waals surface area (Å²) in [6.45, 7) is 2.64. The zero-order valence-electron chi connectivity index (χ0n) is 16.2. The van der Waals surface area contributed by atoms with Crippen LogP contribution in [0.5, 0.6) is 11.5 Å². The summed E-state index contributed by atoms with van der Waals surface area (Å²) in [6, 6.07) is 14.0. The third kappa shape index (κ3) is 4.95. The Labute approximate surface area is 173 Å². The molecule has 4 N–H and O–H groups in total. The molecule has 0 bridgehead atoms. The van der Waals surface area contributed by atoms with Gasteiger partial charge in [-0.25, -0.2) is 0 Å². The van der Waals surface area contributed by atoms with E-state index >= 15 is 0 Å². The van der Waals surface area contributed by atoms with E-state index in [9.17, 15) is 10.2 Å². The number of phenols is 2. The standard InChI is InChI=1S/C21H22N6O3/c28-17-7-6-15(18(29)14-17)8-9-22-19-24-20(23-16-4-2-1-3-5-16)26-21(25-19)27-10-12-30-13-11-27/h1-9,14,28-29H,10-13H2,(H2,22,23,24,25,26). The molecule has 0 saturated carbocycles. The highest BCUT2D eigenvalue weighted by atomic mass is 16.5. The van der Waals surface area contributed by atoms with Crippen LogP contribution in [-0.2, 0) is 4.74 Å². The fourth-order valence-corrected chi connectivity index (χ4v) is 2.92. The van der Waals surface area contributed by atoms with Crippen molar-refractivity contribution in [2.45, 2.75) is 0 Å². The van der Waals surface area contributed by atoms with Crippen molar-refractivity contribution in [3.63, 3.8) is 0 Å². The van der Waals surface area contributed by atoms with E-state index < -0.39 is 0 Å². The smallest absolute Gasteiger partial charge is 0.233 e. The largest absolute Gasteiger partial charge is 0.508 e. The SMILES string of the molecule is Oc1ccc(C=CNc2nc(Nc3ccccc3)nc(N3CCOCC3)n2)c(O)c1. The second kappa shape index (κ2) is 9.10. The van der Waals surface area contributed by atoms with Crippen LogP contribution in [0.2, 0.25) is 0 Å². The molecule has 0 radical (unpaired) electrons. The van der Waals surface area contributed by atoms with Crippen molar-refractivity contribution in [2.75, 3.05) is 41.8 Å². The van der Waals surface area contributed by atoms with Crippen LogP contribution in [0.3, 0.4) is 0 Å². The summed E-state index contributed by atoms with van der Waals surface area (Å²) < 4.78 is 5.41. The summed E-state index contributed by atoms with van der Waals surface area (Å²) in [5.74, 6) is 1.31. The molecule has 0 atom stereocenters. The third-order valence-corrected chi connectivity index (χ3v) is 4.44. The molecule has 3 aromatic rings. The molecule has 2 aromatic carbocycles. The molecule has 30 heavy (non-hydrogen) atoms. The Balaban J connectivity index is 1.57. The lowest BCUT2D eigenvalue weighted by atomic mass is 10.2. The number of rotatable bonds is 6. The van der Waals surface area contributed by atoms with Gasteiger partial charge < -0.3 is 30.5 Å². The van der Waals surface area contributed by atoms with Crippen LogP contribution in [0, 0.1) is 0 Å². The van der Waals surface area contributed by atoms with Crippen molar-refractivity contribution >= 4 is 29.6 Å². The fourth-order valence-electron chi connectivity index (χ4n) is 2.92. The Morgan fingerprint density at radius 3 is 2.47 bits per heavy atom. The van der Waals surface area contributed by atoms with Gasteiger partial charge in [-0.1, -0.05) is 18.2 Å². The van der Waals surface area contributed by atoms with E-state index in [1.54, 1.807) is 18.3 Å². The van der Waals surface area contributed by atoms with E-state index in [0.29, 0.717) is 49.7 Å². The summed E-state index contributed by atoms with van der Waals surface area (Å²) in [5, 5.41) is 25.5. The first-order valence-corrected chi connectivity index (χ1v) is 9.53. The summed E-state index contributed by atoms with van der Waals surface area (Å²) in [7, 11) is 0. The first-order valence-electron chi connectivity index (χ1n) is 9.53. The van der Waals surface area contributed by atoms with Crippen LogP contribution >= 0.6 is 0 Å². The van der Waals surface area contributed by atoms with Gasteiger partial charge in [0.15, 0.2) is 0 Å². The minimum absolute atomic E-state index is 0.00172. The highest BCUT2D eigenvalue weighted by molar-refractivity contribution is 5.61. The molecule has 4 rings (SSSR count). The maximum absolute atomic E-state index is 9.90. The second-order valence-electron chi connectivity index (χ2n) is 6.59. The highest BCUT2D eigenvalue weighted by Gasteiger charge is 2.16. The first-order chi connectivity index (χ1) is 14.7. The van der Waals surface area contributed by atoms with Gasteiger partial charge in [-0.2, -0.15) is 15.0 Å². The number of para-hydroxylation sites is 1. The molecule has 1 aliphatic rings. The minimum atomic E-state index is -0.0239. The van der Waals surface area contributed by atoms with Crippen molar-refractivity contribution in [1.29, 1.82) is 0 Å². The molecular formula is C21H22N6O3. The summed E-state index contributed by atoms with van der Waals surface area (Å²) in [6.07, 6.45) is 3.29. The average molecular weight is 406 g/mol. The monoisotopic (exact) mass is 406 g/mol. The minimum Gasteiger partial charge on any atom is -0.508 e. The number of aromatic hydroxyl groups is 2. The van der Waals surface area contributed by atoms with Crippen LogP contribution in [0.1, 0.15) is 5.56 Å². The van der Waals surface area contributed by atoms with Gasteiger partial charge in [-0.05, 0) is 30.3 Å². The normalized spacial score (nSPS) is 14.1. The number of aromatic nitrogens is 3. The number of nitrogens with zero attached hydrogens (tertiary/aromatic N) is 4. The Morgan fingerprint density at radius 1 is 0.933 bits per heavy atom. The number of nitrogens with one attached hydrogen (secondary N) is 2. The van der Waals surface area contributed by atoms with Gasteiger partial charge in [0.25, 0.3) is 0 Å². The van der Waals surface area contributed by atoms with Crippen LogP contribution in [-0.4, -0.2) is 51.5 Å². The third-order valence-electron chi connectivity index (χ3n) is 4.44. The summed E-state index contributed by atoms with van der Waals surface area (Å²) in [4.78, 5) is 15.5. The second-order valence-corrected chi connectivity index (χ2v) is 6.59. The molecule has 1 saturated heterocycles. The Morgan fingerprint density at radius 2 is 1.70 bits per heavy atom. The lowest BCUT2D eigenvalue weighted by Gasteiger charge is -2.27. The van der Waals surface area contributed by atoms with E-state index in [0.717, 1.165) is 5.69 Å². The predicted octanol–water partition coefficient (Wildman–Crippen LogP) is 2.95. The lowest BCUT2D eigenvalue weighted by Crippen LogP contribution is -2.37. The van der Waals surface area contributed by atoms with Crippen LogP contribution in [0.15, 0.2) is 54.7 Å². The number of phenolic OH excluding ortho intramolecular Hbond substituents is 2. The number of anilines is 4. The van der Waals surface area contributed by atoms with E-state index in [1.165, 1.54) is 12.1 Å². The number of hydrogen-bond acceptors (Lipinski definition) is 9. The van der Waals surface area contributed by atoms with E-state index in [4.69, 9.17) is 4.74 Å². The molecule has 2 heterocycles. The molecular weight excluding hydrogens is 384 g/mol. The molecule has 9 heteroatoms. The zero-order chi connectivity index (χ0) is 20.8. The Hall–Kier alpha value is -3.85. The topological polar surface area (TPSA) is 116 Å². The van der Waals surface area contributed by atoms with E-state index in [-0.39, 0.29) is 11.5 Å². The molecule has 0 unspecified atom stereocenters. The molecule has 0 aliphatic carbocycles. The molecule has 154 valence electrons. The maximum atomic E-state index is 9.90. The van der Waals surface area contributed by atoms with Gasteiger partial charge in [0.1, 0.15) is 11.5 Å². The van der Waals surface area contributed by atoms with Crippen molar-refractivity contribution in [2.24, 2.45) is 0 Å². The van der Waals surface area contributed by atoms with Crippen LogP contribution in [0.4, 0.5) is 23.5 Å². The van der Waals surface area contributed by atoms with Crippen molar-refractivity contribution in [3.8, 4) is 11.5 Å². The first kappa shape index (κ1) is 19.5. The van der Waals surface area contributed by atoms with Gasteiger partial charge in [0.05, 0.1) is 13.2 Å². The van der Waals surface area contributed by atoms with Gasteiger partial charge in [0, 0.05) is 36.6 Å². The number of ether oxygens (including phenoxy) is 1. The molecule has 1 aliphatic heterocycles. The summed E-state index contributed by atoms with van der Waals surface area (Å²) in [5.41, 5.74) is 1.41. The Bertz CT molecular complexity index is 1020. The van der Waals surface area contributed by atoms with Crippen LogP contribution in [0.25, 0.3) is 6.08 Å². The Kier molecular flexibility index (Phi) is 5.90. The quantitative estimate of drug-likeness (QED) is 0.490. The number of hydrogen-bond donors (Lipinski definition) is 4. The molecule has 0 amide bonds. The number of benzene rings is 2. The lowest BCUT2D eigenvalue weighted by molar-refractivity contribution is 0.122. The average Bonchev–Trinajstić information content (AvgIpc) is 2.76. The van der Waals surface area contributed by atoms with Crippen molar-refractivity contribution < 1.29 is 14.9 Å². The predicted molar refractivity (Wildman–Crippen MR) is 115 cm³/mol. The fraction of sp³-hybridized carbons (Fsp3) is 0.190. The molecule has 0 spiro atoms. The van der Waals surface area contributed by atoms with E-state index in [2.05, 4.69) is 25.6 Å². The molecule has 1 fully saturated rings. The van der Waals surface area contributed by atoms with Crippen molar-refractivity contribution in [1.82, 2.24) is 15.0 Å². The van der Waals surface area contributed by atoms with Gasteiger partial charge >= 0.3 is 0 Å². The highest BCUT2D eigenvalue weighted by Crippen LogP contribution is 2.24. The van der Waals surface area contributed by atoms with E-state index in [1.807, 2.05) is 35.2 Å². The van der Waals surface area contributed by atoms with Gasteiger partial charge in [-0.15, -0.1) is 0 Å².